The Bertz CT molecular complexity index is 1360. The van der Waals surface area contributed by atoms with Gasteiger partial charge in [0, 0.05) is 27.9 Å². The van der Waals surface area contributed by atoms with Crippen LogP contribution in [0, 0.1) is 6.92 Å². The standard InChI is InChI=1S/C21H18ClN5O2S/c1-13-3-5-16(9-19(13)22)26-21-18-8-14(4-6-20(18)24-12-25-21)15-7-17(11-23-10-15)27-30(2,28)29/h3-12,27H,1-2H3,(H,24,25,26). The zero-order valence-electron chi connectivity index (χ0n) is 16.2. The van der Waals surface area contributed by atoms with Crippen LogP contribution in [0.1, 0.15) is 5.56 Å². The highest BCUT2D eigenvalue weighted by molar-refractivity contribution is 7.92. The van der Waals surface area contributed by atoms with Gasteiger partial charge in [-0.2, -0.15) is 0 Å². The summed E-state index contributed by atoms with van der Waals surface area (Å²) < 4.78 is 25.5. The summed E-state index contributed by atoms with van der Waals surface area (Å²) in [7, 11) is -3.39. The highest BCUT2D eigenvalue weighted by Crippen LogP contribution is 2.30. The maximum absolute atomic E-state index is 11.5. The number of halogens is 1. The Kier molecular flexibility index (Phi) is 5.27. The first kappa shape index (κ1) is 20.1. The molecule has 2 aromatic carbocycles. The van der Waals surface area contributed by atoms with E-state index in [1.807, 2.05) is 43.3 Å². The fraction of sp³-hybridized carbons (Fsp3) is 0.0952. The van der Waals surface area contributed by atoms with Gasteiger partial charge in [0.05, 0.1) is 23.7 Å². The lowest BCUT2D eigenvalue weighted by Gasteiger charge is -2.11. The Morgan fingerprint density at radius 3 is 2.53 bits per heavy atom. The minimum absolute atomic E-state index is 0.395. The van der Waals surface area contributed by atoms with Crippen molar-refractivity contribution in [2.24, 2.45) is 0 Å². The van der Waals surface area contributed by atoms with Crippen LogP contribution in [0.2, 0.25) is 5.02 Å². The summed E-state index contributed by atoms with van der Waals surface area (Å²) in [4.78, 5) is 12.9. The molecule has 0 amide bonds. The van der Waals surface area contributed by atoms with Crippen molar-refractivity contribution in [3.05, 3.63) is 71.8 Å². The van der Waals surface area contributed by atoms with Gasteiger partial charge in [-0.1, -0.05) is 23.7 Å². The third kappa shape index (κ3) is 4.50. The number of pyridine rings is 1. The number of hydrogen-bond acceptors (Lipinski definition) is 6. The van der Waals surface area contributed by atoms with Crippen LogP contribution < -0.4 is 10.0 Å². The Hall–Kier alpha value is -3.23. The molecule has 0 aliphatic rings. The maximum atomic E-state index is 11.5. The zero-order chi connectivity index (χ0) is 21.3. The summed E-state index contributed by atoms with van der Waals surface area (Å²) in [5.74, 6) is 0.639. The Balaban J connectivity index is 1.74. The minimum atomic E-state index is -3.39. The van der Waals surface area contributed by atoms with Crippen molar-refractivity contribution < 1.29 is 8.42 Å². The van der Waals surface area contributed by atoms with Gasteiger partial charge in [0.2, 0.25) is 10.0 Å². The molecule has 7 nitrogen and oxygen atoms in total. The fourth-order valence-electron chi connectivity index (χ4n) is 3.01. The van der Waals surface area contributed by atoms with Gasteiger partial charge in [-0.3, -0.25) is 9.71 Å². The van der Waals surface area contributed by atoms with Crippen molar-refractivity contribution in [2.45, 2.75) is 6.92 Å². The molecule has 0 atom stereocenters. The molecule has 0 radical (unpaired) electrons. The second-order valence-corrected chi connectivity index (χ2v) is 9.04. The van der Waals surface area contributed by atoms with E-state index in [1.165, 1.54) is 12.5 Å². The predicted molar refractivity (Wildman–Crippen MR) is 121 cm³/mol. The van der Waals surface area contributed by atoms with E-state index in [2.05, 4.69) is 25.0 Å². The van der Waals surface area contributed by atoms with Gasteiger partial charge >= 0.3 is 0 Å². The topological polar surface area (TPSA) is 96.9 Å². The molecule has 152 valence electrons. The predicted octanol–water partition coefficient (Wildman–Crippen LogP) is 4.77. The Morgan fingerprint density at radius 2 is 1.77 bits per heavy atom. The molecule has 2 heterocycles. The second-order valence-electron chi connectivity index (χ2n) is 6.88. The lowest BCUT2D eigenvalue weighted by molar-refractivity contribution is 0.607. The average molecular weight is 440 g/mol. The van der Waals surface area contributed by atoms with Crippen LogP contribution in [0.5, 0.6) is 0 Å². The minimum Gasteiger partial charge on any atom is -0.340 e. The molecule has 2 N–H and O–H groups in total. The Morgan fingerprint density at radius 1 is 0.933 bits per heavy atom. The average Bonchev–Trinajstić information content (AvgIpc) is 2.70. The van der Waals surface area contributed by atoms with Gasteiger partial charge in [0.25, 0.3) is 0 Å². The summed E-state index contributed by atoms with van der Waals surface area (Å²) in [6.45, 7) is 1.94. The lowest BCUT2D eigenvalue weighted by Crippen LogP contribution is -2.09. The molecule has 0 saturated carbocycles. The number of sulfonamides is 1. The molecule has 4 rings (SSSR count). The monoisotopic (exact) mass is 439 g/mol. The quantitative estimate of drug-likeness (QED) is 0.465. The Labute approximate surface area is 179 Å². The van der Waals surface area contributed by atoms with E-state index < -0.39 is 10.0 Å². The largest absolute Gasteiger partial charge is 0.340 e. The van der Waals surface area contributed by atoms with Gasteiger partial charge in [0.15, 0.2) is 0 Å². The molecule has 0 aliphatic heterocycles. The van der Waals surface area contributed by atoms with E-state index in [0.717, 1.165) is 39.5 Å². The van der Waals surface area contributed by atoms with Crippen molar-refractivity contribution in [3.63, 3.8) is 0 Å². The summed E-state index contributed by atoms with van der Waals surface area (Å²) in [5, 5.41) is 4.77. The first-order valence-electron chi connectivity index (χ1n) is 9.00. The van der Waals surface area contributed by atoms with Crippen molar-refractivity contribution in [1.29, 1.82) is 0 Å². The number of aromatic nitrogens is 3. The molecule has 30 heavy (non-hydrogen) atoms. The number of hydrogen-bond donors (Lipinski definition) is 2. The van der Waals surface area contributed by atoms with E-state index in [4.69, 9.17) is 11.6 Å². The molecule has 0 saturated heterocycles. The molecule has 9 heteroatoms. The molecular formula is C21H18ClN5O2S. The molecule has 0 unspecified atom stereocenters. The van der Waals surface area contributed by atoms with E-state index in [9.17, 15) is 8.42 Å². The van der Waals surface area contributed by atoms with Gasteiger partial charge in [-0.15, -0.1) is 0 Å². The van der Waals surface area contributed by atoms with E-state index in [-0.39, 0.29) is 0 Å². The summed E-state index contributed by atoms with van der Waals surface area (Å²) in [6, 6.07) is 13.2. The summed E-state index contributed by atoms with van der Waals surface area (Å²) in [5.41, 5.74) is 4.59. The third-order valence-corrected chi connectivity index (χ3v) is 5.46. The van der Waals surface area contributed by atoms with Crippen molar-refractivity contribution in [2.75, 3.05) is 16.3 Å². The number of nitrogens with zero attached hydrogens (tertiary/aromatic N) is 3. The van der Waals surface area contributed by atoms with Crippen molar-refractivity contribution in [1.82, 2.24) is 15.0 Å². The number of anilines is 3. The van der Waals surface area contributed by atoms with Crippen LogP contribution in [-0.4, -0.2) is 29.6 Å². The molecule has 0 aliphatic carbocycles. The van der Waals surface area contributed by atoms with Gasteiger partial charge in [-0.25, -0.2) is 18.4 Å². The molecule has 0 spiro atoms. The third-order valence-electron chi connectivity index (χ3n) is 4.44. The van der Waals surface area contributed by atoms with Crippen LogP contribution in [0.25, 0.3) is 22.0 Å². The maximum Gasteiger partial charge on any atom is 0.229 e. The molecule has 0 fully saturated rings. The van der Waals surface area contributed by atoms with Gasteiger partial charge < -0.3 is 5.32 Å². The van der Waals surface area contributed by atoms with E-state index in [0.29, 0.717) is 16.5 Å². The number of nitrogens with one attached hydrogen (secondary N) is 2. The first-order valence-corrected chi connectivity index (χ1v) is 11.3. The van der Waals surface area contributed by atoms with Crippen molar-refractivity contribution >= 4 is 49.7 Å². The fourth-order valence-corrected chi connectivity index (χ4v) is 3.73. The normalized spacial score (nSPS) is 11.4. The SMILES string of the molecule is Cc1ccc(Nc2ncnc3ccc(-c4cncc(NS(C)(=O)=O)c4)cc23)cc1Cl. The molecule has 0 bridgehead atoms. The number of benzene rings is 2. The lowest BCUT2D eigenvalue weighted by atomic mass is 10.0. The highest BCUT2D eigenvalue weighted by Gasteiger charge is 2.09. The van der Waals surface area contributed by atoms with Gasteiger partial charge in [0.1, 0.15) is 12.1 Å². The number of aryl methyl sites for hydroxylation is 1. The summed E-state index contributed by atoms with van der Waals surface area (Å²) >= 11 is 6.24. The highest BCUT2D eigenvalue weighted by atomic mass is 35.5. The molecule has 4 aromatic rings. The van der Waals surface area contributed by atoms with Crippen LogP contribution in [-0.2, 0) is 10.0 Å². The number of rotatable bonds is 5. The van der Waals surface area contributed by atoms with Crippen LogP contribution >= 0.6 is 11.6 Å². The van der Waals surface area contributed by atoms with Crippen LogP contribution in [0.15, 0.2) is 61.2 Å². The first-order chi connectivity index (χ1) is 14.3. The van der Waals surface area contributed by atoms with E-state index >= 15 is 0 Å². The van der Waals surface area contributed by atoms with Gasteiger partial charge in [-0.05, 0) is 48.4 Å². The van der Waals surface area contributed by atoms with Crippen LogP contribution in [0.3, 0.4) is 0 Å². The van der Waals surface area contributed by atoms with Crippen molar-refractivity contribution in [3.8, 4) is 11.1 Å². The summed E-state index contributed by atoms with van der Waals surface area (Å²) in [6.07, 6.45) is 5.73. The van der Waals surface area contributed by atoms with Crippen LogP contribution in [0.4, 0.5) is 17.2 Å². The smallest absolute Gasteiger partial charge is 0.229 e. The second kappa shape index (κ2) is 7.89. The molecular weight excluding hydrogens is 422 g/mol. The molecule has 2 aromatic heterocycles. The zero-order valence-corrected chi connectivity index (χ0v) is 17.8. The number of fused-ring (bicyclic) bond motifs is 1. The van der Waals surface area contributed by atoms with E-state index in [1.54, 1.807) is 12.3 Å².